The first-order chi connectivity index (χ1) is 7.50. The second kappa shape index (κ2) is 5.40. The van der Waals surface area contributed by atoms with Crippen LogP contribution in [0.5, 0.6) is 0 Å². The summed E-state index contributed by atoms with van der Waals surface area (Å²) in [6.07, 6.45) is 0.405. The van der Waals surface area contributed by atoms with Crippen molar-refractivity contribution in [1.82, 2.24) is 9.97 Å². The van der Waals surface area contributed by atoms with Crippen LogP contribution < -0.4 is 22.1 Å². The SMILES string of the molecule is Nc1nc(SCCCC(=O)[O-])[nH]c(=O)c1N. The van der Waals surface area contributed by atoms with Crippen molar-refractivity contribution in [3.8, 4) is 0 Å². The summed E-state index contributed by atoms with van der Waals surface area (Å²) in [5, 5.41) is 10.5. The summed E-state index contributed by atoms with van der Waals surface area (Å²) in [7, 11) is 0. The summed E-state index contributed by atoms with van der Waals surface area (Å²) >= 11 is 1.21. The predicted molar refractivity (Wildman–Crippen MR) is 58.6 cm³/mol. The third-order valence-corrected chi connectivity index (χ3v) is 2.69. The molecular formula is C8H11N4O3S-. The van der Waals surface area contributed by atoms with E-state index in [1.165, 1.54) is 11.8 Å². The van der Waals surface area contributed by atoms with Crippen LogP contribution in [0.1, 0.15) is 12.8 Å². The van der Waals surface area contributed by atoms with E-state index in [1.807, 2.05) is 0 Å². The number of aromatic amines is 1. The third-order valence-electron chi connectivity index (χ3n) is 1.73. The standard InChI is InChI=1S/C8H12N4O3S/c9-5-6(10)11-8(12-7(5)15)16-3-1-2-4(13)14/h1-3,9H2,(H,13,14)(H3,10,11,12,15)/p-1. The molecule has 1 aromatic rings. The van der Waals surface area contributed by atoms with E-state index in [0.717, 1.165) is 0 Å². The number of carboxylic acid groups (broad SMARTS) is 1. The van der Waals surface area contributed by atoms with Crippen molar-refractivity contribution in [2.75, 3.05) is 17.2 Å². The van der Waals surface area contributed by atoms with Gasteiger partial charge in [-0.2, -0.15) is 0 Å². The Labute approximate surface area is 95.3 Å². The number of hydrogen-bond donors (Lipinski definition) is 3. The van der Waals surface area contributed by atoms with Crippen LogP contribution in [0.15, 0.2) is 9.95 Å². The summed E-state index contributed by atoms with van der Waals surface area (Å²) in [5.74, 6) is -0.620. The van der Waals surface area contributed by atoms with Crippen LogP contribution in [0, 0.1) is 0 Å². The Kier molecular flexibility index (Phi) is 4.18. The maximum absolute atomic E-state index is 11.2. The second-order valence-corrected chi connectivity index (χ2v) is 4.08. The number of thioether (sulfide) groups is 1. The molecule has 1 rings (SSSR count). The number of nitrogens with one attached hydrogen (secondary N) is 1. The molecule has 0 saturated heterocycles. The lowest BCUT2D eigenvalue weighted by Crippen LogP contribution is -2.21. The Bertz CT molecular complexity index is 445. The van der Waals surface area contributed by atoms with Crippen molar-refractivity contribution in [3.05, 3.63) is 10.4 Å². The van der Waals surface area contributed by atoms with Crippen LogP contribution in [0.3, 0.4) is 0 Å². The molecule has 0 spiro atoms. The van der Waals surface area contributed by atoms with Gasteiger partial charge in [0.15, 0.2) is 11.0 Å². The summed E-state index contributed by atoms with van der Waals surface area (Å²) in [6, 6.07) is 0. The number of aromatic nitrogens is 2. The molecule has 7 nitrogen and oxygen atoms in total. The topological polar surface area (TPSA) is 138 Å². The number of anilines is 2. The first-order valence-electron chi connectivity index (χ1n) is 4.48. The monoisotopic (exact) mass is 243 g/mol. The predicted octanol–water partition coefficient (Wildman–Crippen LogP) is -1.44. The van der Waals surface area contributed by atoms with Gasteiger partial charge in [-0.1, -0.05) is 11.8 Å². The van der Waals surface area contributed by atoms with E-state index in [1.54, 1.807) is 0 Å². The highest BCUT2D eigenvalue weighted by molar-refractivity contribution is 7.99. The number of nitrogens with two attached hydrogens (primary N) is 2. The van der Waals surface area contributed by atoms with E-state index in [-0.39, 0.29) is 17.9 Å². The summed E-state index contributed by atoms with van der Waals surface area (Å²) in [5.41, 5.74) is 10.1. The molecule has 0 amide bonds. The lowest BCUT2D eigenvalue weighted by molar-refractivity contribution is -0.305. The average Bonchev–Trinajstić information content (AvgIpc) is 2.20. The molecule has 1 aromatic heterocycles. The maximum atomic E-state index is 11.2. The van der Waals surface area contributed by atoms with E-state index in [9.17, 15) is 14.7 Å². The fourth-order valence-corrected chi connectivity index (χ4v) is 1.74. The summed E-state index contributed by atoms with van der Waals surface area (Å²) < 4.78 is 0. The molecule has 1 heterocycles. The number of rotatable bonds is 5. The lowest BCUT2D eigenvalue weighted by atomic mass is 10.3. The van der Waals surface area contributed by atoms with Gasteiger partial charge in [0.25, 0.3) is 5.56 Å². The van der Waals surface area contributed by atoms with Gasteiger partial charge in [0.05, 0.1) is 0 Å². The van der Waals surface area contributed by atoms with Crippen LogP contribution in [0.2, 0.25) is 0 Å². The number of carboxylic acids is 1. The average molecular weight is 243 g/mol. The van der Waals surface area contributed by atoms with Crippen LogP contribution in [0.25, 0.3) is 0 Å². The van der Waals surface area contributed by atoms with Gasteiger partial charge in [-0.25, -0.2) is 4.98 Å². The van der Waals surface area contributed by atoms with Gasteiger partial charge >= 0.3 is 0 Å². The number of hydrogen-bond acceptors (Lipinski definition) is 7. The highest BCUT2D eigenvalue weighted by Crippen LogP contribution is 2.15. The van der Waals surface area contributed by atoms with E-state index >= 15 is 0 Å². The molecule has 0 aromatic carbocycles. The van der Waals surface area contributed by atoms with Crippen LogP contribution in [0.4, 0.5) is 11.5 Å². The Hall–Kier alpha value is -1.70. The summed E-state index contributed by atoms with van der Waals surface area (Å²) in [6.45, 7) is 0. The molecule has 8 heteroatoms. The number of nitrogen functional groups attached to an aromatic ring is 2. The first kappa shape index (κ1) is 12.4. The van der Waals surface area contributed by atoms with Crippen molar-refractivity contribution in [1.29, 1.82) is 0 Å². The molecule has 16 heavy (non-hydrogen) atoms. The van der Waals surface area contributed by atoms with Crippen molar-refractivity contribution in [2.45, 2.75) is 18.0 Å². The van der Waals surface area contributed by atoms with Gasteiger partial charge in [-0.3, -0.25) is 9.78 Å². The van der Waals surface area contributed by atoms with Crippen LogP contribution in [-0.2, 0) is 4.79 Å². The van der Waals surface area contributed by atoms with Crippen LogP contribution >= 0.6 is 11.8 Å². The smallest absolute Gasteiger partial charge is 0.276 e. The minimum absolute atomic E-state index is 0.0221. The van der Waals surface area contributed by atoms with Gasteiger partial charge in [0.1, 0.15) is 5.69 Å². The van der Waals surface area contributed by atoms with E-state index < -0.39 is 11.5 Å². The van der Waals surface area contributed by atoms with E-state index in [4.69, 9.17) is 11.5 Å². The zero-order chi connectivity index (χ0) is 12.1. The lowest BCUT2D eigenvalue weighted by Gasteiger charge is -2.03. The molecule has 0 fully saturated rings. The van der Waals surface area contributed by atoms with Gasteiger partial charge in [-0.15, -0.1) is 0 Å². The van der Waals surface area contributed by atoms with Crippen molar-refractivity contribution in [2.24, 2.45) is 0 Å². The Morgan fingerprint density at radius 1 is 1.50 bits per heavy atom. The highest BCUT2D eigenvalue weighted by atomic mass is 32.2. The zero-order valence-electron chi connectivity index (χ0n) is 8.36. The van der Waals surface area contributed by atoms with Crippen LogP contribution in [-0.4, -0.2) is 21.7 Å². The van der Waals surface area contributed by atoms with E-state index in [0.29, 0.717) is 17.3 Å². The number of carbonyl (C=O) groups excluding carboxylic acids is 1. The maximum Gasteiger partial charge on any atom is 0.276 e. The highest BCUT2D eigenvalue weighted by Gasteiger charge is 2.05. The molecule has 0 radical (unpaired) electrons. The minimum atomic E-state index is -1.10. The third kappa shape index (κ3) is 3.46. The molecule has 0 bridgehead atoms. The number of H-pyrrole nitrogens is 1. The number of carbonyl (C=O) groups is 1. The first-order valence-corrected chi connectivity index (χ1v) is 5.47. The molecule has 0 unspecified atom stereocenters. The quantitative estimate of drug-likeness (QED) is 0.327. The van der Waals surface area contributed by atoms with Crippen molar-refractivity contribution in [3.63, 3.8) is 0 Å². The van der Waals surface area contributed by atoms with Gasteiger partial charge in [0.2, 0.25) is 0 Å². The molecule has 5 N–H and O–H groups in total. The fraction of sp³-hybridized carbons (Fsp3) is 0.375. The Morgan fingerprint density at radius 2 is 2.19 bits per heavy atom. The second-order valence-electron chi connectivity index (χ2n) is 2.99. The summed E-state index contributed by atoms with van der Waals surface area (Å²) in [4.78, 5) is 27.6. The Balaban J connectivity index is 2.55. The van der Waals surface area contributed by atoms with E-state index in [2.05, 4.69) is 9.97 Å². The van der Waals surface area contributed by atoms with Gasteiger partial charge < -0.3 is 21.4 Å². The van der Waals surface area contributed by atoms with Gasteiger partial charge in [0, 0.05) is 11.7 Å². The van der Waals surface area contributed by atoms with Crippen molar-refractivity contribution < 1.29 is 9.90 Å². The number of aliphatic carboxylic acids is 1. The largest absolute Gasteiger partial charge is 0.550 e. The zero-order valence-corrected chi connectivity index (χ0v) is 9.17. The normalized spacial score (nSPS) is 10.2. The fourth-order valence-electron chi connectivity index (χ4n) is 0.932. The Morgan fingerprint density at radius 3 is 2.75 bits per heavy atom. The molecule has 88 valence electrons. The molecule has 0 saturated carbocycles. The van der Waals surface area contributed by atoms with Gasteiger partial charge in [-0.05, 0) is 12.8 Å². The molecule has 0 aliphatic heterocycles. The molecule has 0 atom stereocenters. The molecular weight excluding hydrogens is 232 g/mol. The minimum Gasteiger partial charge on any atom is -0.550 e. The molecule has 0 aliphatic rings. The number of nitrogens with zero attached hydrogens (tertiary/aromatic N) is 1. The molecule has 0 aliphatic carbocycles. The van der Waals surface area contributed by atoms with Crippen molar-refractivity contribution >= 4 is 29.2 Å².